The van der Waals surface area contributed by atoms with Gasteiger partial charge >= 0.3 is 0 Å². The number of benzene rings is 1. The molecule has 0 aromatic heterocycles. The minimum atomic E-state index is -0.197. The first-order chi connectivity index (χ1) is 9.43. The number of nitrogens with one attached hydrogen (secondary N) is 1. The molecule has 0 spiro atoms. The molecule has 0 aliphatic heterocycles. The molecule has 1 aromatic carbocycles. The molecule has 0 aliphatic rings. The SMILES string of the molecule is CCOC(=N[C@H](C)C(C)C)NC(=O)c1cccc(C)c1. The second-order valence-electron chi connectivity index (χ2n) is 5.18. The minimum absolute atomic E-state index is 0.0920. The number of aryl methyl sites for hydroxylation is 1. The largest absolute Gasteiger partial charge is 0.465 e. The number of amides is 1. The summed E-state index contributed by atoms with van der Waals surface area (Å²) in [6.07, 6.45) is 0. The molecule has 4 nitrogen and oxygen atoms in total. The molecule has 1 rings (SSSR count). The van der Waals surface area contributed by atoms with Crippen molar-refractivity contribution in [2.24, 2.45) is 10.9 Å². The van der Waals surface area contributed by atoms with Gasteiger partial charge in [0.25, 0.3) is 11.9 Å². The zero-order chi connectivity index (χ0) is 15.1. The molecule has 0 heterocycles. The molecule has 0 saturated heterocycles. The quantitative estimate of drug-likeness (QED) is 0.678. The highest BCUT2D eigenvalue weighted by molar-refractivity contribution is 6.04. The lowest BCUT2D eigenvalue weighted by Crippen LogP contribution is -2.34. The predicted octanol–water partition coefficient (Wildman–Crippen LogP) is 3.16. The summed E-state index contributed by atoms with van der Waals surface area (Å²) in [7, 11) is 0. The van der Waals surface area contributed by atoms with Crippen molar-refractivity contribution in [1.29, 1.82) is 0 Å². The third-order valence-electron chi connectivity index (χ3n) is 3.07. The number of carbonyl (C=O) groups is 1. The van der Waals surface area contributed by atoms with E-state index in [1.165, 1.54) is 0 Å². The van der Waals surface area contributed by atoms with Crippen LogP contribution in [0.4, 0.5) is 0 Å². The van der Waals surface area contributed by atoms with E-state index in [2.05, 4.69) is 24.2 Å². The molecule has 20 heavy (non-hydrogen) atoms. The number of amidine groups is 1. The number of nitrogens with zero attached hydrogens (tertiary/aromatic N) is 1. The fourth-order valence-corrected chi connectivity index (χ4v) is 1.53. The maximum atomic E-state index is 12.2. The van der Waals surface area contributed by atoms with Gasteiger partial charge in [0.1, 0.15) is 0 Å². The van der Waals surface area contributed by atoms with E-state index in [1.807, 2.05) is 39.0 Å². The van der Waals surface area contributed by atoms with Crippen LogP contribution < -0.4 is 5.32 Å². The molecule has 0 fully saturated rings. The van der Waals surface area contributed by atoms with Gasteiger partial charge in [0.2, 0.25) is 0 Å². The van der Waals surface area contributed by atoms with E-state index in [4.69, 9.17) is 4.74 Å². The van der Waals surface area contributed by atoms with Crippen molar-refractivity contribution in [3.63, 3.8) is 0 Å². The Hall–Kier alpha value is -1.84. The van der Waals surface area contributed by atoms with Gasteiger partial charge < -0.3 is 4.74 Å². The molecule has 1 atom stereocenters. The van der Waals surface area contributed by atoms with E-state index >= 15 is 0 Å². The topological polar surface area (TPSA) is 50.7 Å². The lowest BCUT2D eigenvalue weighted by Gasteiger charge is -2.14. The van der Waals surface area contributed by atoms with Gasteiger partial charge in [-0.25, -0.2) is 4.99 Å². The molecular formula is C16H24N2O2. The Morgan fingerprint density at radius 1 is 1.35 bits per heavy atom. The van der Waals surface area contributed by atoms with Crippen LogP contribution in [0.15, 0.2) is 29.3 Å². The average molecular weight is 276 g/mol. The Morgan fingerprint density at radius 2 is 2.05 bits per heavy atom. The molecule has 0 saturated carbocycles. The highest BCUT2D eigenvalue weighted by atomic mass is 16.5. The highest BCUT2D eigenvalue weighted by Crippen LogP contribution is 2.06. The number of hydrogen-bond donors (Lipinski definition) is 1. The maximum absolute atomic E-state index is 12.2. The molecule has 0 unspecified atom stereocenters. The van der Waals surface area contributed by atoms with Crippen LogP contribution in [0.5, 0.6) is 0 Å². The van der Waals surface area contributed by atoms with Gasteiger partial charge in [-0.2, -0.15) is 0 Å². The van der Waals surface area contributed by atoms with Crippen LogP contribution in [0.25, 0.3) is 0 Å². The summed E-state index contributed by atoms with van der Waals surface area (Å²) in [4.78, 5) is 16.6. The summed E-state index contributed by atoms with van der Waals surface area (Å²) >= 11 is 0. The fraction of sp³-hybridized carbons (Fsp3) is 0.500. The van der Waals surface area contributed by atoms with E-state index < -0.39 is 0 Å². The van der Waals surface area contributed by atoms with Crippen molar-refractivity contribution in [1.82, 2.24) is 5.32 Å². The van der Waals surface area contributed by atoms with Crippen molar-refractivity contribution in [2.75, 3.05) is 6.61 Å². The number of aliphatic imine (C=N–C) groups is 1. The summed E-state index contributed by atoms with van der Waals surface area (Å²) in [6.45, 7) is 10.5. The molecule has 0 radical (unpaired) electrons. The van der Waals surface area contributed by atoms with Gasteiger partial charge in [0.15, 0.2) is 0 Å². The van der Waals surface area contributed by atoms with Gasteiger partial charge in [-0.1, -0.05) is 31.5 Å². The van der Waals surface area contributed by atoms with E-state index in [0.29, 0.717) is 24.1 Å². The summed E-state index contributed by atoms with van der Waals surface area (Å²) in [6, 6.07) is 7.81. The molecule has 110 valence electrons. The van der Waals surface area contributed by atoms with Crippen LogP contribution in [-0.2, 0) is 4.74 Å². The van der Waals surface area contributed by atoms with Gasteiger partial charge in [0, 0.05) is 5.56 Å². The zero-order valence-corrected chi connectivity index (χ0v) is 12.9. The summed E-state index contributed by atoms with van der Waals surface area (Å²) in [5.74, 6) is 0.193. The van der Waals surface area contributed by atoms with Gasteiger partial charge in [-0.15, -0.1) is 0 Å². The molecule has 0 bridgehead atoms. The van der Waals surface area contributed by atoms with Crippen molar-refractivity contribution in [3.05, 3.63) is 35.4 Å². The molecule has 4 heteroatoms. The number of carbonyl (C=O) groups excluding carboxylic acids is 1. The third-order valence-corrected chi connectivity index (χ3v) is 3.07. The third kappa shape index (κ3) is 5.03. The zero-order valence-electron chi connectivity index (χ0n) is 12.9. The van der Waals surface area contributed by atoms with E-state index in [0.717, 1.165) is 5.56 Å². The summed E-state index contributed by atoms with van der Waals surface area (Å²) < 4.78 is 5.40. The van der Waals surface area contributed by atoms with E-state index in [1.54, 1.807) is 6.07 Å². The first-order valence-electron chi connectivity index (χ1n) is 7.02. The Kier molecular flexibility index (Phi) is 6.22. The first-order valence-corrected chi connectivity index (χ1v) is 7.02. The number of rotatable bonds is 4. The van der Waals surface area contributed by atoms with Crippen molar-refractivity contribution < 1.29 is 9.53 Å². The Labute approximate surface area is 121 Å². The van der Waals surface area contributed by atoms with E-state index in [-0.39, 0.29) is 11.9 Å². The van der Waals surface area contributed by atoms with Gasteiger partial charge in [-0.05, 0) is 38.8 Å². The highest BCUT2D eigenvalue weighted by Gasteiger charge is 2.12. The van der Waals surface area contributed by atoms with Gasteiger partial charge in [0.05, 0.1) is 12.6 Å². The molecule has 1 aromatic rings. The Morgan fingerprint density at radius 3 is 2.60 bits per heavy atom. The molecule has 1 amide bonds. The van der Waals surface area contributed by atoms with Crippen LogP contribution in [0, 0.1) is 12.8 Å². The Bertz CT molecular complexity index is 481. The second kappa shape index (κ2) is 7.68. The van der Waals surface area contributed by atoms with Crippen LogP contribution in [0.3, 0.4) is 0 Å². The van der Waals surface area contributed by atoms with Crippen LogP contribution >= 0.6 is 0 Å². The van der Waals surface area contributed by atoms with Crippen molar-refractivity contribution in [3.8, 4) is 0 Å². The predicted molar refractivity (Wildman–Crippen MR) is 82.0 cm³/mol. The number of ether oxygens (including phenoxy) is 1. The van der Waals surface area contributed by atoms with Crippen LogP contribution in [0.2, 0.25) is 0 Å². The molecular weight excluding hydrogens is 252 g/mol. The monoisotopic (exact) mass is 276 g/mol. The van der Waals surface area contributed by atoms with E-state index in [9.17, 15) is 4.79 Å². The normalized spacial score (nSPS) is 13.2. The van der Waals surface area contributed by atoms with Crippen molar-refractivity contribution >= 4 is 11.9 Å². The standard InChI is InChI=1S/C16H24N2O2/c1-6-20-16(17-13(5)11(2)3)18-15(19)14-9-7-8-12(4)10-14/h7-11,13H,6H2,1-5H3,(H,17,18,19)/t13-/m1/s1. The summed E-state index contributed by atoms with van der Waals surface area (Å²) in [5, 5.41) is 2.74. The lowest BCUT2D eigenvalue weighted by molar-refractivity contribution is 0.0966. The Balaban J connectivity index is 2.82. The minimum Gasteiger partial charge on any atom is -0.465 e. The van der Waals surface area contributed by atoms with Crippen LogP contribution in [0.1, 0.15) is 43.6 Å². The van der Waals surface area contributed by atoms with Gasteiger partial charge in [-0.3, -0.25) is 10.1 Å². The molecule has 1 N–H and O–H groups in total. The van der Waals surface area contributed by atoms with Crippen LogP contribution in [-0.4, -0.2) is 24.6 Å². The smallest absolute Gasteiger partial charge is 0.291 e. The molecule has 0 aliphatic carbocycles. The number of hydrogen-bond acceptors (Lipinski definition) is 3. The lowest BCUT2D eigenvalue weighted by atomic mass is 10.1. The maximum Gasteiger partial charge on any atom is 0.291 e. The first kappa shape index (κ1) is 16.2. The fourth-order valence-electron chi connectivity index (χ4n) is 1.53. The average Bonchev–Trinajstić information content (AvgIpc) is 2.38. The van der Waals surface area contributed by atoms with Crippen molar-refractivity contribution in [2.45, 2.75) is 40.7 Å². The summed E-state index contributed by atoms with van der Waals surface area (Å²) in [5.41, 5.74) is 1.65. The second-order valence-corrected chi connectivity index (χ2v) is 5.18.